The minimum absolute atomic E-state index is 0.503. The van der Waals surface area contributed by atoms with Crippen molar-refractivity contribution in [1.82, 2.24) is 4.98 Å². The van der Waals surface area contributed by atoms with Crippen LogP contribution in [-0.2, 0) is 0 Å². The van der Waals surface area contributed by atoms with E-state index in [9.17, 15) is 4.79 Å². The molecule has 1 aromatic rings. The second kappa shape index (κ2) is 4.18. The molecule has 1 aromatic heterocycles. The number of halogens is 1. The third-order valence-electron chi connectivity index (χ3n) is 1.84. The molecule has 1 heterocycles. The van der Waals surface area contributed by atoms with Gasteiger partial charge in [-0.05, 0) is 48.8 Å². The fraction of sp³-hybridized carbons (Fsp3) is 0.400. The lowest BCUT2D eigenvalue weighted by Gasteiger charge is -2.33. The molecule has 0 bridgehead atoms. The minimum atomic E-state index is -0.990. The molecule has 1 amide bonds. The molecule has 0 aromatic carbocycles. The van der Waals surface area contributed by atoms with Crippen molar-refractivity contribution in [2.24, 2.45) is 0 Å². The van der Waals surface area contributed by atoms with Gasteiger partial charge < -0.3 is 5.11 Å². The van der Waals surface area contributed by atoms with Gasteiger partial charge in [0.2, 0.25) is 0 Å². The molecule has 0 saturated carbocycles. The Kier molecular flexibility index (Phi) is 3.34. The quantitative estimate of drug-likeness (QED) is 0.800. The Bertz CT molecular complexity index is 374. The van der Waals surface area contributed by atoms with E-state index in [1.54, 1.807) is 18.3 Å². The zero-order valence-electron chi connectivity index (χ0n) is 8.86. The molecule has 0 radical (unpaired) electrons. The molecule has 0 aliphatic rings. The molecule has 82 valence electrons. The van der Waals surface area contributed by atoms with Crippen molar-refractivity contribution in [3.8, 4) is 0 Å². The van der Waals surface area contributed by atoms with Gasteiger partial charge in [-0.25, -0.2) is 9.78 Å². The number of amides is 1. The summed E-state index contributed by atoms with van der Waals surface area (Å²) in [4.78, 5) is 16.5. The van der Waals surface area contributed by atoms with Crippen LogP contribution in [0.5, 0.6) is 0 Å². The molecule has 0 aliphatic heterocycles. The number of hydrogen-bond acceptors (Lipinski definition) is 2. The van der Waals surface area contributed by atoms with Gasteiger partial charge in [-0.2, -0.15) is 0 Å². The molecular formula is C10H13BrN2O2. The Hall–Kier alpha value is -1.10. The maximum Gasteiger partial charge on any atom is 0.412 e. The van der Waals surface area contributed by atoms with Crippen molar-refractivity contribution in [3.05, 3.63) is 22.9 Å². The summed E-state index contributed by atoms with van der Waals surface area (Å²) in [6.07, 6.45) is 0.618. The van der Waals surface area contributed by atoms with Crippen LogP contribution in [0.15, 0.2) is 22.9 Å². The average Bonchev–Trinajstić information content (AvgIpc) is 2.05. The standard InChI is InChI=1S/C10H13BrN2O2/c1-10(2,3)13(9(14)15)7-5-4-6-12-8(7)11/h4-6H,1-3H3,(H,14,15). The SMILES string of the molecule is CC(C)(C)N(C(=O)O)c1cccnc1Br. The van der Waals surface area contributed by atoms with E-state index in [1.807, 2.05) is 20.8 Å². The van der Waals surface area contributed by atoms with Gasteiger partial charge in [0.1, 0.15) is 4.60 Å². The van der Waals surface area contributed by atoms with Crippen LogP contribution in [0, 0.1) is 0 Å². The Morgan fingerprint density at radius 2 is 2.13 bits per heavy atom. The van der Waals surface area contributed by atoms with Gasteiger partial charge in [0.15, 0.2) is 0 Å². The summed E-state index contributed by atoms with van der Waals surface area (Å²) in [6, 6.07) is 3.43. The van der Waals surface area contributed by atoms with Crippen molar-refractivity contribution >= 4 is 27.7 Å². The molecule has 5 heteroatoms. The van der Waals surface area contributed by atoms with Crippen molar-refractivity contribution in [3.63, 3.8) is 0 Å². The van der Waals surface area contributed by atoms with Gasteiger partial charge in [0.25, 0.3) is 0 Å². The Labute approximate surface area is 97.1 Å². The molecule has 0 unspecified atom stereocenters. The number of rotatable bonds is 1. The van der Waals surface area contributed by atoms with Crippen LogP contribution >= 0.6 is 15.9 Å². The monoisotopic (exact) mass is 272 g/mol. The van der Waals surface area contributed by atoms with Crippen LogP contribution in [0.25, 0.3) is 0 Å². The van der Waals surface area contributed by atoms with Gasteiger partial charge in [-0.3, -0.25) is 4.90 Å². The Balaban J connectivity index is 3.23. The minimum Gasteiger partial charge on any atom is -0.465 e. The average molecular weight is 273 g/mol. The highest BCUT2D eigenvalue weighted by atomic mass is 79.9. The molecule has 1 rings (SSSR count). The van der Waals surface area contributed by atoms with E-state index in [0.29, 0.717) is 10.3 Å². The molecule has 0 saturated heterocycles. The first-order valence-corrected chi connectivity index (χ1v) is 5.27. The third-order valence-corrected chi connectivity index (χ3v) is 2.45. The summed E-state index contributed by atoms with van der Waals surface area (Å²) in [5.41, 5.74) is 0.0506. The summed E-state index contributed by atoms with van der Waals surface area (Å²) < 4.78 is 0.530. The molecular weight excluding hydrogens is 260 g/mol. The number of aromatic nitrogens is 1. The molecule has 1 N–H and O–H groups in total. The van der Waals surface area contributed by atoms with Gasteiger partial charge in [-0.1, -0.05) is 0 Å². The second-order valence-electron chi connectivity index (χ2n) is 4.10. The normalized spacial score (nSPS) is 11.2. The zero-order valence-corrected chi connectivity index (χ0v) is 10.4. The van der Waals surface area contributed by atoms with Crippen LogP contribution in [0.2, 0.25) is 0 Å². The van der Waals surface area contributed by atoms with Gasteiger partial charge >= 0.3 is 6.09 Å². The van der Waals surface area contributed by atoms with Crippen molar-refractivity contribution in [2.45, 2.75) is 26.3 Å². The van der Waals surface area contributed by atoms with E-state index >= 15 is 0 Å². The summed E-state index contributed by atoms with van der Waals surface area (Å²) in [6.45, 7) is 5.50. The highest BCUT2D eigenvalue weighted by Gasteiger charge is 2.29. The van der Waals surface area contributed by atoms with Crippen LogP contribution < -0.4 is 4.90 Å². The lowest BCUT2D eigenvalue weighted by molar-refractivity contribution is 0.195. The number of carboxylic acid groups (broad SMARTS) is 1. The van der Waals surface area contributed by atoms with E-state index in [4.69, 9.17) is 5.11 Å². The number of anilines is 1. The van der Waals surface area contributed by atoms with E-state index in [-0.39, 0.29) is 0 Å². The Morgan fingerprint density at radius 3 is 2.53 bits per heavy atom. The lowest BCUT2D eigenvalue weighted by Crippen LogP contribution is -2.45. The van der Waals surface area contributed by atoms with Crippen LogP contribution in [0.1, 0.15) is 20.8 Å². The fourth-order valence-corrected chi connectivity index (χ4v) is 1.72. The molecule has 0 fully saturated rings. The van der Waals surface area contributed by atoms with Crippen molar-refractivity contribution in [2.75, 3.05) is 4.90 Å². The topological polar surface area (TPSA) is 53.4 Å². The Morgan fingerprint density at radius 1 is 1.53 bits per heavy atom. The lowest BCUT2D eigenvalue weighted by atomic mass is 10.1. The summed E-state index contributed by atoms with van der Waals surface area (Å²) in [7, 11) is 0. The fourth-order valence-electron chi connectivity index (χ4n) is 1.30. The highest BCUT2D eigenvalue weighted by Crippen LogP contribution is 2.29. The predicted octanol–water partition coefficient (Wildman–Crippen LogP) is 3.13. The summed E-state index contributed by atoms with van der Waals surface area (Å²) in [5.74, 6) is 0. The van der Waals surface area contributed by atoms with Crippen molar-refractivity contribution in [1.29, 1.82) is 0 Å². The van der Waals surface area contributed by atoms with E-state index in [0.717, 1.165) is 0 Å². The van der Waals surface area contributed by atoms with Crippen LogP contribution in [-0.4, -0.2) is 21.7 Å². The molecule has 15 heavy (non-hydrogen) atoms. The maximum absolute atomic E-state index is 11.2. The van der Waals surface area contributed by atoms with Crippen molar-refractivity contribution < 1.29 is 9.90 Å². The van der Waals surface area contributed by atoms with Crippen LogP contribution in [0.4, 0.5) is 10.5 Å². The first kappa shape index (κ1) is 12.0. The smallest absolute Gasteiger partial charge is 0.412 e. The molecule has 0 aliphatic carbocycles. The largest absolute Gasteiger partial charge is 0.465 e. The van der Waals surface area contributed by atoms with Gasteiger partial charge in [-0.15, -0.1) is 0 Å². The molecule has 4 nitrogen and oxygen atoms in total. The summed E-state index contributed by atoms with van der Waals surface area (Å²) in [5, 5.41) is 9.16. The van der Waals surface area contributed by atoms with E-state index < -0.39 is 11.6 Å². The highest BCUT2D eigenvalue weighted by molar-refractivity contribution is 9.10. The third kappa shape index (κ3) is 2.68. The first-order chi connectivity index (χ1) is 6.84. The maximum atomic E-state index is 11.2. The summed E-state index contributed by atoms with van der Waals surface area (Å²) >= 11 is 3.24. The first-order valence-electron chi connectivity index (χ1n) is 4.47. The predicted molar refractivity (Wildman–Crippen MR) is 62.2 cm³/mol. The number of nitrogens with zero attached hydrogens (tertiary/aromatic N) is 2. The number of pyridine rings is 1. The van der Waals surface area contributed by atoms with E-state index in [1.165, 1.54) is 4.90 Å². The van der Waals surface area contributed by atoms with Gasteiger partial charge in [0, 0.05) is 11.7 Å². The number of hydrogen-bond donors (Lipinski definition) is 1. The van der Waals surface area contributed by atoms with Gasteiger partial charge in [0.05, 0.1) is 5.69 Å². The van der Waals surface area contributed by atoms with E-state index in [2.05, 4.69) is 20.9 Å². The molecule has 0 atom stereocenters. The molecule has 0 spiro atoms. The van der Waals surface area contributed by atoms with Crippen LogP contribution in [0.3, 0.4) is 0 Å². The zero-order chi connectivity index (χ0) is 11.6. The number of carbonyl (C=O) groups is 1. The second-order valence-corrected chi connectivity index (χ2v) is 4.85.